The molecule has 0 radical (unpaired) electrons. The zero-order valence-electron chi connectivity index (χ0n) is 14.7. The number of halogens is 1. The molecule has 1 N–H and O–H groups in total. The Morgan fingerprint density at radius 1 is 1.10 bits per heavy atom. The summed E-state index contributed by atoms with van der Waals surface area (Å²) < 4.78 is 6.22. The number of aromatic nitrogens is 1. The van der Waals surface area contributed by atoms with Gasteiger partial charge in [0.05, 0.1) is 22.9 Å². The van der Waals surface area contributed by atoms with Gasteiger partial charge in [-0.3, -0.25) is 14.4 Å². The molecule has 3 atom stereocenters. The van der Waals surface area contributed by atoms with Crippen molar-refractivity contribution < 1.29 is 14.0 Å². The summed E-state index contributed by atoms with van der Waals surface area (Å²) in [6, 6.07) is 10.7. The summed E-state index contributed by atoms with van der Waals surface area (Å²) >= 11 is 5.72. The van der Waals surface area contributed by atoms with Crippen molar-refractivity contribution in [2.75, 3.05) is 4.90 Å². The minimum Gasteiger partial charge on any atom is -0.465 e. The molecule has 2 aliphatic heterocycles. The number of hydrogen-bond acceptors (Lipinski definition) is 6. The van der Waals surface area contributed by atoms with Gasteiger partial charge in [0.25, 0.3) is 0 Å². The van der Waals surface area contributed by atoms with Crippen LogP contribution in [0.15, 0.2) is 67.4 Å². The van der Waals surface area contributed by atoms with Gasteiger partial charge in [0.1, 0.15) is 11.0 Å². The number of hydrogen-bond donors (Lipinski definition) is 1. The first-order valence-corrected chi connectivity index (χ1v) is 11.3. The predicted octanol–water partition coefficient (Wildman–Crippen LogP) is 4.25. The number of imide groups is 1. The molecule has 0 spiro atoms. The molecule has 2 amide bonds. The quantitative estimate of drug-likeness (QED) is 0.557. The van der Waals surface area contributed by atoms with Crippen molar-refractivity contribution in [1.82, 2.24) is 4.98 Å². The van der Waals surface area contributed by atoms with Gasteiger partial charge in [-0.25, -0.2) is 4.90 Å². The molecule has 4 heterocycles. The number of carbonyl (C=O) groups is 2. The molecule has 0 aliphatic carbocycles. The Bertz CT molecular complexity index is 1180. The van der Waals surface area contributed by atoms with E-state index in [9.17, 15) is 14.4 Å². The number of nitrogens with zero attached hydrogens (tertiary/aromatic N) is 1. The summed E-state index contributed by atoms with van der Waals surface area (Å²) in [6.07, 6.45) is 5.21. The van der Waals surface area contributed by atoms with E-state index in [0.29, 0.717) is 16.5 Å². The normalized spacial score (nSPS) is 23.6. The lowest BCUT2D eigenvalue weighted by molar-refractivity contribution is -0.122. The van der Waals surface area contributed by atoms with E-state index in [-0.39, 0.29) is 22.6 Å². The molecule has 0 bridgehead atoms. The molecule has 29 heavy (non-hydrogen) atoms. The molecule has 9 heteroatoms. The van der Waals surface area contributed by atoms with E-state index in [1.807, 2.05) is 12.1 Å². The summed E-state index contributed by atoms with van der Waals surface area (Å²) in [7, 11) is 0. The number of aromatic amines is 1. The first kappa shape index (κ1) is 18.7. The van der Waals surface area contributed by atoms with Gasteiger partial charge in [0.15, 0.2) is 0 Å². The van der Waals surface area contributed by atoms with Gasteiger partial charge in [-0.1, -0.05) is 45.1 Å². The number of anilines is 1. The highest BCUT2D eigenvalue weighted by molar-refractivity contribution is 9.10. The summed E-state index contributed by atoms with van der Waals surface area (Å²) in [6.45, 7) is 0. The topological polar surface area (TPSA) is 83.4 Å². The van der Waals surface area contributed by atoms with Crippen LogP contribution in [0.4, 0.5) is 5.69 Å². The van der Waals surface area contributed by atoms with Crippen LogP contribution in [0.5, 0.6) is 0 Å². The molecule has 146 valence electrons. The molecule has 5 rings (SSSR count). The summed E-state index contributed by atoms with van der Waals surface area (Å²) in [4.78, 5) is 43.2. The van der Waals surface area contributed by atoms with E-state index >= 15 is 0 Å². The summed E-state index contributed by atoms with van der Waals surface area (Å²) in [5.41, 5.74) is 0.545. The molecule has 1 aromatic carbocycles. The second-order valence-electron chi connectivity index (χ2n) is 6.66. The number of thioether (sulfide) groups is 1. The monoisotopic (exact) mass is 488 g/mol. The van der Waals surface area contributed by atoms with Crippen LogP contribution >= 0.6 is 39.0 Å². The van der Waals surface area contributed by atoms with E-state index in [2.05, 4.69) is 20.9 Å². The lowest BCUT2D eigenvalue weighted by Crippen LogP contribution is -2.31. The van der Waals surface area contributed by atoms with Gasteiger partial charge in [-0.15, -0.1) is 0 Å². The zero-order chi connectivity index (χ0) is 20.1. The van der Waals surface area contributed by atoms with Crippen LogP contribution in [0.2, 0.25) is 0 Å². The maximum atomic E-state index is 13.4. The average Bonchev–Trinajstić information content (AvgIpc) is 3.40. The molecule has 3 aromatic rings. The van der Waals surface area contributed by atoms with Gasteiger partial charge in [0, 0.05) is 15.3 Å². The first-order chi connectivity index (χ1) is 14.0. The van der Waals surface area contributed by atoms with E-state index < -0.39 is 11.2 Å². The molecule has 1 saturated heterocycles. The number of H-pyrrole nitrogens is 1. The van der Waals surface area contributed by atoms with Crippen LogP contribution in [0.3, 0.4) is 0 Å². The summed E-state index contributed by atoms with van der Waals surface area (Å²) in [5, 5.41) is 0.0734. The number of allylic oxidation sites excluding steroid dienone is 1. The Labute approximate surface area is 181 Å². The van der Waals surface area contributed by atoms with Crippen molar-refractivity contribution in [3.05, 3.63) is 73.5 Å². The lowest BCUT2D eigenvalue weighted by Gasteiger charge is -2.27. The van der Waals surface area contributed by atoms with Crippen molar-refractivity contribution in [2.45, 2.75) is 16.2 Å². The molecule has 2 aliphatic rings. The van der Waals surface area contributed by atoms with Gasteiger partial charge in [0.2, 0.25) is 11.8 Å². The van der Waals surface area contributed by atoms with Gasteiger partial charge in [-0.2, -0.15) is 0 Å². The van der Waals surface area contributed by atoms with Crippen LogP contribution in [-0.2, 0) is 9.59 Å². The van der Waals surface area contributed by atoms with Crippen molar-refractivity contribution in [3.63, 3.8) is 0 Å². The van der Waals surface area contributed by atoms with Crippen molar-refractivity contribution >= 4 is 62.6 Å². The van der Waals surface area contributed by atoms with Crippen LogP contribution in [0.1, 0.15) is 16.6 Å². The largest absolute Gasteiger partial charge is 0.465 e. The van der Waals surface area contributed by atoms with Crippen LogP contribution in [-0.4, -0.2) is 22.0 Å². The summed E-state index contributed by atoms with van der Waals surface area (Å²) in [5.74, 6) is -0.842. The third-order valence-corrected chi connectivity index (χ3v) is 7.92. The third kappa shape index (κ3) is 3.13. The number of furan rings is 1. The second kappa shape index (κ2) is 7.16. The van der Waals surface area contributed by atoms with E-state index in [4.69, 9.17) is 4.42 Å². The zero-order valence-corrected chi connectivity index (χ0v) is 17.9. The van der Waals surface area contributed by atoms with Gasteiger partial charge < -0.3 is 9.40 Å². The average molecular weight is 489 g/mol. The van der Waals surface area contributed by atoms with Crippen molar-refractivity contribution in [3.8, 4) is 0 Å². The third-order valence-electron chi connectivity index (χ3n) is 4.97. The lowest BCUT2D eigenvalue weighted by atomic mass is 9.88. The Balaban J connectivity index is 1.58. The maximum Gasteiger partial charge on any atom is 0.305 e. The standard InChI is InChI=1S/C20H13BrN2O4S2/c21-10-3-5-11(6-4-10)23-18(24)14-13(8-7-12-2-1-9-27-12)15-17(22-20(26)29-15)28-16(14)19(23)25/h1-9,13-14,16H,(H,22,26)/b8-7+/t13-,14+,16+/m0/s1. The van der Waals surface area contributed by atoms with E-state index in [1.54, 1.807) is 42.7 Å². The number of carbonyl (C=O) groups excluding carboxylic acids is 2. The molecule has 2 aromatic heterocycles. The molecule has 0 unspecified atom stereocenters. The number of nitrogens with one attached hydrogen (secondary N) is 1. The molecule has 1 fully saturated rings. The maximum absolute atomic E-state index is 13.4. The molecule has 6 nitrogen and oxygen atoms in total. The van der Waals surface area contributed by atoms with Crippen LogP contribution in [0, 0.1) is 5.92 Å². The highest BCUT2D eigenvalue weighted by atomic mass is 79.9. The Morgan fingerprint density at radius 2 is 1.90 bits per heavy atom. The fraction of sp³-hybridized carbons (Fsp3) is 0.150. The Hall–Kier alpha value is -2.36. The highest BCUT2D eigenvalue weighted by Crippen LogP contribution is 2.51. The molecular weight excluding hydrogens is 476 g/mol. The Kier molecular flexibility index (Phi) is 4.60. The SMILES string of the molecule is O=C1[C@@H]2[C@H](/C=C/c3ccco3)c3sc(=O)[nH]c3S[C@H]2C(=O)N1c1ccc(Br)cc1. The molecular formula is C20H13BrN2O4S2. The molecule has 0 saturated carbocycles. The number of amides is 2. The predicted molar refractivity (Wildman–Crippen MR) is 115 cm³/mol. The van der Waals surface area contributed by atoms with Gasteiger partial charge >= 0.3 is 4.87 Å². The van der Waals surface area contributed by atoms with E-state index in [1.165, 1.54) is 16.7 Å². The van der Waals surface area contributed by atoms with Crippen molar-refractivity contribution in [1.29, 1.82) is 0 Å². The second-order valence-corrected chi connectivity index (χ2v) is 9.74. The van der Waals surface area contributed by atoms with Crippen LogP contribution in [0.25, 0.3) is 6.08 Å². The van der Waals surface area contributed by atoms with Crippen LogP contribution < -0.4 is 9.77 Å². The van der Waals surface area contributed by atoms with Crippen molar-refractivity contribution in [2.24, 2.45) is 5.92 Å². The minimum atomic E-state index is -0.588. The Morgan fingerprint density at radius 3 is 2.62 bits per heavy atom. The number of rotatable bonds is 3. The highest BCUT2D eigenvalue weighted by Gasteiger charge is 2.55. The fourth-order valence-corrected chi connectivity index (χ4v) is 6.45. The first-order valence-electron chi connectivity index (χ1n) is 8.77. The smallest absolute Gasteiger partial charge is 0.305 e. The minimum absolute atomic E-state index is 0.191. The number of benzene rings is 1. The van der Waals surface area contributed by atoms with Gasteiger partial charge in [-0.05, 0) is 42.5 Å². The van der Waals surface area contributed by atoms with E-state index in [0.717, 1.165) is 20.7 Å². The fourth-order valence-electron chi connectivity index (χ4n) is 3.69. The number of thiazole rings is 1. The number of fused-ring (bicyclic) bond motifs is 2.